The average Bonchev–Trinajstić information content (AvgIpc) is 2.66. The number of benzene rings is 1. The molecule has 0 bridgehead atoms. The van der Waals surface area contributed by atoms with Gasteiger partial charge in [-0.15, -0.1) is 0 Å². The number of nitro groups is 1. The van der Waals surface area contributed by atoms with Gasteiger partial charge in [-0.3, -0.25) is 10.1 Å². The molecule has 27 heavy (non-hydrogen) atoms. The number of nitrogens with zero attached hydrogens (tertiary/aromatic N) is 4. The van der Waals surface area contributed by atoms with Crippen molar-refractivity contribution in [1.82, 2.24) is 4.98 Å². The number of morpholine rings is 1. The predicted molar refractivity (Wildman–Crippen MR) is 88.0 cm³/mol. The van der Waals surface area contributed by atoms with E-state index < -0.39 is 28.5 Å². The van der Waals surface area contributed by atoms with E-state index in [1.54, 1.807) is 11.0 Å². The Morgan fingerprint density at radius 1 is 1.30 bits per heavy atom. The number of nitriles is 1. The Hall–Kier alpha value is -3.19. The van der Waals surface area contributed by atoms with Gasteiger partial charge in [0, 0.05) is 12.7 Å². The van der Waals surface area contributed by atoms with E-state index in [0.29, 0.717) is 12.1 Å². The molecule has 7 nitrogen and oxygen atoms in total. The highest BCUT2D eigenvalue weighted by molar-refractivity contribution is 5.65. The fraction of sp³-hybridized carbons (Fsp3) is 0.294. The smallest absolute Gasteiger partial charge is 0.370 e. The second-order valence-corrected chi connectivity index (χ2v) is 5.82. The zero-order chi connectivity index (χ0) is 19.6. The summed E-state index contributed by atoms with van der Waals surface area (Å²) < 4.78 is 43.7. The maximum atomic E-state index is 12.7. The van der Waals surface area contributed by atoms with Crippen molar-refractivity contribution < 1.29 is 22.8 Å². The van der Waals surface area contributed by atoms with Crippen LogP contribution in [-0.2, 0) is 10.9 Å². The van der Waals surface area contributed by atoms with Gasteiger partial charge < -0.3 is 9.64 Å². The van der Waals surface area contributed by atoms with E-state index in [1.165, 1.54) is 24.4 Å². The molecule has 1 aromatic heterocycles. The first-order valence-electron chi connectivity index (χ1n) is 7.88. The summed E-state index contributed by atoms with van der Waals surface area (Å²) in [6.45, 7) is 0.676. The van der Waals surface area contributed by atoms with Crippen LogP contribution in [0.25, 0.3) is 0 Å². The monoisotopic (exact) mass is 378 g/mol. The third-order valence-electron chi connectivity index (χ3n) is 4.18. The van der Waals surface area contributed by atoms with Crippen molar-refractivity contribution in [2.24, 2.45) is 0 Å². The first-order valence-corrected chi connectivity index (χ1v) is 7.88. The number of pyridine rings is 1. The summed E-state index contributed by atoms with van der Waals surface area (Å²) in [5.41, 5.74) is -0.750. The van der Waals surface area contributed by atoms with E-state index in [4.69, 9.17) is 10.00 Å². The van der Waals surface area contributed by atoms with Crippen LogP contribution in [0, 0.1) is 21.4 Å². The first-order chi connectivity index (χ1) is 12.8. The summed E-state index contributed by atoms with van der Waals surface area (Å²) in [5, 5.41) is 20.5. The molecule has 0 aliphatic carbocycles. The highest BCUT2D eigenvalue weighted by Crippen LogP contribution is 2.34. The topological polar surface area (TPSA) is 92.3 Å². The van der Waals surface area contributed by atoms with Gasteiger partial charge in [-0.2, -0.15) is 18.4 Å². The molecule has 2 aromatic rings. The zero-order valence-electron chi connectivity index (χ0n) is 13.8. The van der Waals surface area contributed by atoms with Gasteiger partial charge in [0.15, 0.2) is 0 Å². The lowest BCUT2D eigenvalue weighted by Crippen LogP contribution is -2.39. The molecule has 1 saturated heterocycles. The fourth-order valence-electron chi connectivity index (χ4n) is 2.87. The summed E-state index contributed by atoms with van der Waals surface area (Å²) >= 11 is 0. The van der Waals surface area contributed by atoms with E-state index in [0.717, 1.165) is 12.1 Å². The summed E-state index contributed by atoms with van der Waals surface area (Å²) in [7, 11) is 0. The minimum Gasteiger partial charge on any atom is -0.370 e. The Labute approximate surface area is 151 Å². The number of hydrogen-bond donors (Lipinski definition) is 0. The Morgan fingerprint density at radius 2 is 2.00 bits per heavy atom. The van der Waals surface area contributed by atoms with E-state index in [1.807, 2.05) is 0 Å². The molecule has 10 heteroatoms. The lowest BCUT2D eigenvalue weighted by atomic mass is 10.0. The van der Waals surface area contributed by atoms with Crippen LogP contribution in [-0.4, -0.2) is 29.6 Å². The lowest BCUT2D eigenvalue weighted by Gasteiger charge is -2.33. The van der Waals surface area contributed by atoms with Crippen LogP contribution >= 0.6 is 0 Å². The summed E-state index contributed by atoms with van der Waals surface area (Å²) in [5.74, 6) is 0.0410. The number of anilines is 1. The number of rotatable bonds is 3. The summed E-state index contributed by atoms with van der Waals surface area (Å²) in [6, 6.07) is 7.61. The molecule has 0 amide bonds. The number of hydrogen-bond acceptors (Lipinski definition) is 6. The molecule has 0 spiro atoms. The maximum Gasteiger partial charge on any atom is 0.416 e. The largest absolute Gasteiger partial charge is 0.416 e. The van der Waals surface area contributed by atoms with Gasteiger partial charge in [-0.1, -0.05) is 12.1 Å². The van der Waals surface area contributed by atoms with Crippen LogP contribution in [0.1, 0.15) is 22.8 Å². The molecule has 3 rings (SSSR count). The van der Waals surface area contributed by atoms with Crippen LogP contribution < -0.4 is 4.90 Å². The van der Waals surface area contributed by atoms with Crippen molar-refractivity contribution in [3.05, 3.63) is 63.3 Å². The van der Waals surface area contributed by atoms with Crippen molar-refractivity contribution in [1.29, 1.82) is 5.26 Å². The van der Waals surface area contributed by atoms with Crippen molar-refractivity contribution >= 4 is 11.5 Å². The number of alkyl halides is 3. The van der Waals surface area contributed by atoms with E-state index in [-0.39, 0.29) is 24.5 Å². The lowest BCUT2D eigenvalue weighted by molar-refractivity contribution is -0.384. The van der Waals surface area contributed by atoms with E-state index in [2.05, 4.69) is 4.98 Å². The number of aromatic nitrogens is 1. The second-order valence-electron chi connectivity index (χ2n) is 5.82. The normalized spacial score (nSPS) is 17.4. The van der Waals surface area contributed by atoms with Crippen LogP contribution in [0.5, 0.6) is 0 Å². The molecule has 1 aliphatic heterocycles. The minimum atomic E-state index is -4.43. The molecule has 0 radical (unpaired) electrons. The van der Waals surface area contributed by atoms with Gasteiger partial charge in [-0.05, 0) is 23.8 Å². The molecule has 0 saturated carbocycles. The summed E-state index contributed by atoms with van der Waals surface area (Å²) in [6.07, 6.45) is -3.70. The molecule has 1 unspecified atom stereocenters. The van der Waals surface area contributed by atoms with Gasteiger partial charge in [0.2, 0.25) is 5.82 Å². The van der Waals surface area contributed by atoms with Crippen LogP contribution in [0.3, 0.4) is 0 Å². The predicted octanol–water partition coefficient (Wildman–Crippen LogP) is 3.46. The molecular formula is C17H13F3N4O3. The van der Waals surface area contributed by atoms with Gasteiger partial charge in [0.05, 0.1) is 23.6 Å². The van der Waals surface area contributed by atoms with Crippen molar-refractivity contribution in [2.75, 3.05) is 24.6 Å². The van der Waals surface area contributed by atoms with Gasteiger partial charge in [0.1, 0.15) is 17.7 Å². The second kappa shape index (κ2) is 7.20. The fourth-order valence-corrected chi connectivity index (χ4v) is 2.87. The number of halogens is 3. The molecule has 140 valence electrons. The number of ether oxygens (including phenoxy) is 1. The van der Waals surface area contributed by atoms with E-state index >= 15 is 0 Å². The Balaban J connectivity index is 1.87. The molecule has 0 N–H and O–H groups in total. The van der Waals surface area contributed by atoms with Crippen molar-refractivity contribution in [3.8, 4) is 6.07 Å². The molecule has 1 aromatic carbocycles. The Bertz CT molecular complexity index is 894. The van der Waals surface area contributed by atoms with Gasteiger partial charge in [0.25, 0.3) is 0 Å². The van der Waals surface area contributed by atoms with Crippen LogP contribution in [0.2, 0.25) is 0 Å². The Kier molecular flexibility index (Phi) is 4.96. The third kappa shape index (κ3) is 3.83. The zero-order valence-corrected chi connectivity index (χ0v) is 13.8. The van der Waals surface area contributed by atoms with Gasteiger partial charge >= 0.3 is 11.9 Å². The average molecular weight is 378 g/mol. The van der Waals surface area contributed by atoms with Crippen LogP contribution in [0.4, 0.5) is 24.7 Å². The molecule has 1 atom stereocenters. The highest BCUT2D eigenvalue weighted by atomic mass is 19.4. The highest BCUT2D eigenvalue weighted by Gasteiger charge is 2.32. The maximum absolute atomic E-state index is 12.7. The molecule has 1 fully saturated rings. The van der Waals surface area contributed by atoms with E-state index in [9.17, 15) is 23.3 Å². The molecule has 1 aliphatic rings. The Morgan fingerprint density at radius 3 is 2.59 bits per heavy atom. The van der Waals surface area contributed by atoms with Gasteiger partial charge in [-0.25, -0.2) is 4.98 Å². The van der Waals surface area contributed by atoms with Crippen molar-refractivity contribution in [3.63, 3.8) is 0 Å². The quantitative estimate of drug-likeness (QED) is 0.600. The van der Waals surface area contributed by atoms with Crippen molar-refractivity contribution in [2.45, 2.75) is 12.3 Å². The summed E-state index contributed by atoms with van der Waals surface area (Å²) in [4.78, 5) is 16.4. The third-order valence-corrected chi connectivity index (χ3v) is 4.18. The minimum absolute atomic E-state index is 0.0410. The van der Waals surface area contributed by atoms with Crippen LogP contribution in [0.15, 0.2) is 36.5 Å². The molecule has 2 heterocycles. The standard InChI is InChI=1S/C17H13F3N4O3/c18-17(19,20)13-3-1-11(2-4-13)14-10-23(7-8-27-14)16-15(24(25)26)12(9-21)5-6-22-16/h1-6,14H,7-8,10H2. The molecular weight excluding hydrogens is 365 g/mol. The SMILES string of the molecule is N#Cc1ccnc(N2CCOC(c3ccc(C(F)(F)F)cc3)C2)c1[N+](=O)[O-]. The first kappa shape index (κ1) is 18.6.